The zero-order valence-corrected chi connectivity index (χ0v) is 9.39. The van der Waals surface area contributed by atoms with E-state index in [-0.39, 0.29) is 12.2 Å². The highest BCUT2D eigenvalue weighted by Gasteiger charge is 2.35. The molecule has 0 fully saturated rings. The van der Waals surface area contributed by atoms with Crippen molar-refractivity contribution < 1.29 is 22.7 Å². The lowest BCUT2D eigenvalue weighted by Gasteiger charge is -1.99. The van der Waals surface area contributed by atoms with Gasteiger partial charge in [0.1, 0.15) is 5.58 Å². The van der Waals surface area contributed by atoms with Crippen LogP contribution in [-0.4, -0.2) is 5.11 Å². The van der Waals surface area contributed by atoms with E-state index in [0.717, 1.165) is 6.07 Å². The molecule has 0 saturated carbocycles. The normalized spacial score (nSPS) is 12.3. The van der Waals surface area contributed by atoms with E-state index in [9.17, 15) is 13.2 Å². The van der Waals surface area contributed by atoms with Crippen LogP contribution in [0, 0.1) is 0 Å². The number of aliphatic hydroxyl groups excluding tert-OH is 1. The molecule has 1 aromatic carbocycles. The van der Waals surface area contributed by atoms with Crippen LogP contribution in [0.2, 0.25) is 0 Å². The van der Waals surface area contributed by atoms with Crippen LogP contribution in [0.25, 0.3) is 11.0 Å². The predicted molar refractivity (Wildman–Crippen MR) is 54.8 cm³/mol. The van der Waals surface area contributed by atoms with Crippen LogP contribution < -0.4 is 0 Å². The summed E-state index contributed by atoms with van der Waals surface area (Å²) in [5.74, 6) is -1.04. The third kappa shape index (κ3) is 1.94. The maximum absolute atomic E-state index is 12.4. The zero-order valence-electron chi connectivity index (χ0n) is 7.81. The summed E-state index contributed by atoms with van der Waals surface area (Å²) >= 11 is 3.10. The molecule has 1 N–H and O–H groups in total. The number of fused-ring (bicyclic) bond motifs is 1. The Morgan fingerprint density at radius 1 is 1.25 bits per heavy atom. The Morgan fingerprint density at radius 3 is 2.50 bits per heavy atom. The minimum atomic E-state index is -4.50. The first-order chi connectivity index (χ1) is 7.41. The Labute approximate surface area is 96.8 Å². The molecule has 2 rings (SSSR count). The van der Waals surface area contributed by atoms with Gasteiger partial charge in [-0.3, -0.25) is 0 Å². The maximum atomic E-state index is 12.4. The van der Waals surface area contributed by atoms with Crippen LogP contribution in [0.15, 0.2) is 27.1 Å². The minimum Gasteiger partial charge on any atom is -0.450 e. The molecular weight excluding hydrogens is 289 g/mol. The van der Waals surface area contributed by atoms with Crippen molar-refractivity contribution in [3.63, 3.8) is 0 Å². The first kappa shape index (κ1) is 11.5. The number of aliphatic hydroxyl groups is 1. The number of rotatable bonds is 1. The summed E-state index contributed by atoms with van der Waals surface area (Å²) < 4.78 is 42.2. The van der Waals surface area contributed by atoms with Crippen molar-refractivity contribution in [2.45, 2.75) is 12.8 Å². The van der Waals surface area contributed by atoms with Crippen molar-refractivity contribution in [3.8, 4) is 0 Å². The third-order valence-corrected chi connectivity index (χ3v) is 2.68. The standard InChI is InChI=1S/C10H6BrF3O2/c11-7-2-5(4-15)1-6-3-8(10(12,13)14)16-9(6)7/h1-3,15H,4H2. The predicted octanol–water partition coefficient (Wildman–Crippen LogP) is 3.71. The first-order valence-electron chi connectivity index (χ1n) is 4.32. The van der Waals surface area contributed by atoms with Gasteiger partial charge in [0.15, 0.2) is 0 Å². The van der Waals surface area contributed by atoms with Crippen molar-refractivity contribution in [2.24, 2.45) is 0 Å². The molecular formula is C10H6BrF3O2. The molecule has 6 heteroatoms. The number of alkyl halides is 3. The molecule has 0 amide bonds. The summed E-state index contributed by atoms with van der Waals surface area (Å²) in [6.45, 7) is -0.235. The highest BCUT2D eigenvalue weighted by molar-refractivity contribution is 9.10. The van der Waals surface area contributed by atoms with E-state index in [0.29, 0.717) is 15.4 Å². The van der Waals surface area contributed by atoms with E-state index in [2.05, 4.69) is 15.9 Å². The molecule has 0 aliphatic heterocycles. The van der Waals surface area contributed by atoms with Gasteiger partial charge in [0, 0.05) is 5.39 Å². The Morgan fingerprint density at radius 2 is 1.94 bits per heavy atom. The van der Waals surface area contributed by atoms with Crippen molar-refractivity contribution >= 4 is 26.9 Å². The molecule has 86 valence electrons. The average Bonchev–Trinajstić information content (AvgIpc) is 2.61. The summed E-state index contributed by atoms with van der Waals surface area (Å²) in [5.41, 5.74) is 0.651. The van der Waals surface area contributed by atoms with Crippen LogP contribution in [0.5, 0.6) is 0 Å². The maximum Gasteiger partial charge on any atom is 0.449 e. The van der Waals surface area contributed by atoms with Crippen LogP contribution in [0.3, 0.4) is 0 Å². The second kappa shape index (κ2) is 3.78. The van der Waals surface area contributed by atoms with Gasteiger partial charge in [0.2, 0.25) is 5.76 Å². The molecule has 1 heterocycles. The first-order valence-corrected chi connectivity index (χ1v) is 5.11. The monoisotopic (exact) mass is 294 g/mol. The Hall–Kier alpha value is -1.01. The van der Waals surface area contributed by atoms with Gasteiger partial charge < -0.3 is 9.52 Å². The number of benzene rings is 1. The summed E-state index contributed by atoms with van der Waals surface area (Å²) in [6, 6.07) is 3.89. The Bertz CT molecular complexity index is 531. The van der Waals surface area contributed by atoms with E-state index in [1.165, 1.54) is 12.1 Å². The second-order valence-corrected chi connectivity index (χ2v) is 4.12. The molecule has 0 atom stereocenters. The summed E-state index contributed by atoms with van der Waals surface area (Å²) in [6.07, 6.45) is -4.50. The SMILES string of the molecule is OCc1cc(Br)c2oc(C(F)(F)F)cc2c1. The molecule has 1 aromatic heterocycles. The lowest BCUT2D eigenvalue weighted by molar-refractivity contribution is -0.152. The van der Waals surface area contributed by atoms with Crippen molar-refractivity contribution in [1.82, 2.24) is 0 Å². The number of hydrogen-bond acceptors (Lipinski definition) is 2. The van der Waals surface area contributed by atoms with Gasteiger partial charge in [-0.2, -0.15) is 13.2 Å². The Balaban J connectivity index is 2.66. The van der Waals surface area contributed by atoms with Gasteiger partial charge in [-0.05, 0) is 39.7 Å². The van der Waals surface area contributed by atoms with Crippen molar-refractivity contribution in [3.05, 3.63) is 34.0 Å². The van der Waals surface area contributed by atoms with Gasteiger partial charge in [-0.25, -0.2) is 0 Å². The molecule has 0 aliphatic rings. The lowest BCUT2D eigenvalue weighted by Crippen LogP contribution is -2.01. The molecule has 16 heavy (non-hydrogen) atoms. The summed E-state index contributed by atoms with van der Waals surface area (Å²) in [7, 11) is 0. The summed E-state index contributed by atoms with van der Waals surface area (Å²) in [4.78, 5) is 0. The van der Waals surface area contributed by atoms with Gasteiger partial charge in [0.05, 0.1) is 11.1 Å². The highest BCUT2D eigenvalue weighted by atomic mass is 79.9. The van der Waals surface area contributed by atoms with E-state index < -0.39 is 11.9 Å². The van der Waals surface area contributed by atoms with Gasteiger partial charge >= 0.3 is 6.18 Å². The second-order valence-electron chi connectivity index (χ2n) is 3.26. The molecule has 2 nitrogen and oxygen atoms in total. The van der Waals surface area contributed by atoms with E-state index in [4.69, 9.17) is 9.52 Å². The van der Waals surface area contributed by atoms with Gasteiger partial charge in [0.25, 0.3) is 0 Å². The molecule has 0 bridgehead atoms. The van der Waals surface area contributed by atoms with Crippen molar-refractivity contribution in [1.29, 1.82) is 0 Å². The molecule has 0 aliphatic carbocycles. The highest BCUT2D eigenvalue weighted by Crippen LogP contribution is 2.36. The van der Waals surface area contributed by atoms with E-state index >= 15 is 0 Å². The fourth-order valence-corrected chi connectivity index (χ4v) is 2.00. The molecule has 2 aromatic rings. The van der Waals surface area contributed by atoms with Gasteiger partial charge in [-0.1, -0.05) is 0 Å². The van der Waals surface area contributed by atoms with Crippen LogP contribution in [-0.2, 0) is 12.8 Å². The number of furan rings is 1. The van der Waals surface area contributed by atoms with E-state index in [1.54, 1.807) is 0 Å². The molecule has 0 radical (unpaired) electrons. The zero-order chi connectivity index (χ0) is 11.9. The number of hydrogen-bond donors (Lipinski definition) is 1. The third-order valence-electron chi connectivity index (χ3n) is 2.09. The van der Waals surface area contributed by atoms with Crippen LogP contribution in [0.1, 0.15) is 11.3 Å². The average molecular weight is 295 g/mol. The molecule has 0 unspecified atom stereocenters. The Kier molecular flexibility index (Phi) is 2.71. The topological polar surface area (TPSA) is 33.4 Å². The van der Waals surface area contributed by atoms with E-state index in [1.807, 2.05) is 0 Å². The fourth-order valence-electron chi connectivity index (χ4n) is 1.40. The van der Waals surface area contributed by atoms with Gasteiger partial charge in [-0.15, -0.1) is 0 Å². The minimum absolute atomic E-state index is 0.129. The summed E-state index contributed by atoms with van der Waals surface area (Å²) in [5, 5.41) is 9.23. The van der Waals surface area contributed by atoms with Crippen LogP contribution >= 0.6 is 15.9 Å². The van der Waals surface area contributed by atoms with Crippen LogP contribution in [0.4, 0.5) is 13.2 Å². The molecule has 0 saturated heterocycles. The molecule has 0 spiro atoms. The largest absolute Gasteiger partial charge is 0.450 e. The lowest BCUT2D eigenvalue weighted by atomic mass is 10.2. The quantitative estimate of drug-likeness (QED) is 0.870. The smallest absolute Gasteiger partial charge is 0.449 e. The number of halogens is 4. The van der Waals surface area contributed by atoms with Crippen molar-refractivity contribution in [2.75, 3.05) is 0 Å². The fraction of sp³-hybridized carbons (Fsp3) is 0.200.